The van der Waals surface area contributed by atoms with Crippen molar-refractivity contribution in [2.75, 3.05) is 12.3 Å². The molecule has 1 atom stereocenters. The Morgan fingerprint density at radius 2 is 1.95 bits per heavy atom. The molecule has 1 unspecified atom stereocenters. The average Bonchev–Trinajstić information content (AvgIpc) is 2.72. The quantitative estimate of drug-likeness (QED) is 0.824. The maximum atomic E-state index is 12.3. The first-order valence-corrected chi connectivity index (χ1v) is 8.76. The molecule has 1 aliphatic heterocycles. The van der Waals surface area contributed by atoms with Gasteiger partial charge in [-0.15, -0.1) is 11.8 Å². The number of carboxylic acid groups (broad SMARTS) is 1. The Morgan fingerprint density at radius 3 is 2.62 bits per heavy atom. The van der Waals surface area contributed by atoms with Crippen molar-refractivity contribution < 1.29 is 14.7 Å². The van der Waals surface area contributed by atoms with E-state index < -0.39 is 12.0 Å². The number of rotatable bonds is 4. The van der Waals surface area contributed by atoms with E-state index in [0.717, 1.165) is 28.6 Å². The van der Waals surface area contributed by atoms with E-state index in [1.807, 2.05) is 24.3 Å². The van der Waals surface area contributed by atoms with Gasteiger partial charge in [-0.25, -0.2) is 4.79 Å². The zero-order chi connectivity index (χ0) is 15.2. The molecule has 0 spiro atoms. The van der Waals surface area contributed by atoms with Crippen LogP contribution in [0.25, 0.3) is 0 Å². The topological polar surface area (TPSA) is 57.6 Å². The first-order chi connectivity index (χ1) is 10.1. The number of carboxylic acids is 1. The van der Waals surface area contributed by atoms with Crippen molar-refractivity contribution in [2.45, 2.75) is 36.6 Å². The van der Waals surface area contributed by atoms with E-state index in [-0.39, 0.29) is 11.7 Å². The Bertz CT molecular complexity index is 506. The Balaban J connectivity index is 1.96. The minimum Gasteiger partial charge on any atom is -0.480 e. The SMILES string of the molecule is O=C(O)C1CCCCCN1C(=O)CSc1ccc(Br)cc1. The number of hydrogen-bond acceptors (Lipinski definition) is 3. The molecule has 1 fully saturated rings. The average molecular weight is 372 g/mol. The summed E-state index contributed by atoms with van der Waals surface area (Å²) in [6.07, 6.45) is 3.32. The molecule has 2 rings (SSSR count). The number of aliphatic carboxylic acids is 1. The highest BCUT2D eigenvalue weighted by atomic mass is 79.9. The highest BCUT2D eigenvalue weighted by Crippen LogP contribution is 2.23. The van der Waals surface area contributed by atoms with Gasteiger partial charge in [-0.1, -0.05) is 28.8 Å². The fraction of sp³-hybridized carbons (Fsp3) is 0.467. The predicted molar refractivity (Wildman–Crippen MR) is 86.5 cm³/mol. The molecule has 0 aromatic heterocycles. The molecule has 0 radical (unpaired) electrons. The molecule has 1 aliphatic rings. The molecule has 1 aromatic carbocycles. The van der Waals surface area contributed by atoms with Crippen LogP contribution in [0.15, 0.2) is 33.6 Å². The molecule has 1 heterocycles. The lowest BCUT2D eigenvalue weighted by Crippen LogP contribution is -2.45. The van der Waals surface area contributed by atoms with Crippen LogP contribution >= 0.6 is 27.7 Å². The molecule has 1 saturated heterocycles. The molecule has 0 aliphatic carbocycles. The van der Waals surface area contributed by atoms with Crippen LogP contribution in [-0.4, -0.2) is 40.2 Å². The maximum Gasteiger partial charge on any atom is 0.326 e. The second-order valence-electron chi connectivity index (χ2n) is 5.03. The summed E-state index contributed by atoms with van der Waals surface area (Å²) in [4.78, 5) is 26.2. The fourth-order valence-corrected chi connectivity index (χ4v) is 3.47. The van der Waals surface area contributed by atoms with Crippen LogP contribution in [0.3, 0.4) is 0 Å². The Labute approximate surface area is 137 Å². The van der Waals surface area contributed by atoms with Crippen LogP contribution in [0.5, 0.6) is 0 Å². The summed E-state index contributed by atoms with van der Waals surface area (Å²) in [7, 11) is 0. The smallest absolute Gasteiger partial charge is 0.326 e. The number of halogens is 1. The van der Waals surface area contributed by atoms with Crippen molar-refractivity contribution >= 4 is 39.6 Å². The lowest BCUT2D eigenvalue weighted by atomic mass is 10.1. The zero-order valence-electron chi connectivity index (χ0n) is 11.6. The summed E-state index contributed by atoms with van der Waals surface area (Å²) >= 11 is 4.82. The molecule has 1 N–H and O–H groups in total. The number of likely N-dealkylation sites (tertiary alicyclic amines) is 1. The Morgan fingerprint density at radius 1 is 1.24 bits per heavy atom. The van der Waals surface area contributed by atoms with Gasteiger partial charge in [-0.05, 0) is 37.1 Å². The summed E-state index contributed by atoms with van der Waals surface area (Å²) < 4.78 is 0.997. The molecule has 0 saturated carbocycles. The lowest BCUT2D eigenvalue weighted by molar-refractivity contribution is -0.149. The predicted octanol–water partition coefficient (Wildman–Crippen LogP) is 3.40. The first kappa shape index (κ1) is 16.4. The van der Waals surface area contributed by atoms with Crippen molar-refractivity contribution in [2.24, 2.45) is 0 Å². The van der Waals surface area contributed by atoms with E-state index in [1.165, 1.54) is 11.8 Å². The Hall–Kier alpha value is -1.01. The summed E-state index contributed by atoms with van der Waals surface area (Å²) in [6.45, 7) is 0.552. The van der Waals surface area contributed by atoms with Crippen molar-refractivity contribution in [1.82, 2.24) is 4.90 Å². The largest absolute Gasteiger partial charge is 0.480 e. The normalized spacial score (nSPS) is 19.1. The van der Waals surface area contributed by atoms with E-state index in [0.29, 0.717) is 13.0 Å². The molecule has 21 heavy (non-hydrogen) atoms. The van der Waals surface area contributed by atoms with E-state index >= 15 is 0 Å². The second kappa shape index (κ2) is 7.84. The third-order valence-electron chi connectivity index (χ3n) is 3.53. The monoisotopic (exact) mass is 371 g/mol. The van der Waals surface area contributed by atoms with Crippen LogP contribution in [0.2, 0.25) is 0 Å². The van der Waals surface area contributed by atoms with Crippen molar-refractivity contribution in [3.63, 3.8) is 0 Å². The summed E-state index contributed by atoms with van der Waals surface area (Å²) in [5.41, 5.74) is 0. The lowest BCUT2D eigenvalue weighted by Gasteiger charge is -2.26. The van der Waals surface area contributed by atoms with Gasteiger partial charge in [0.05, 0.1) is 5.75 Å². The van der Waals surface area contributed by atoms with Gasteiger partial charge in [0.1, 0.15) is 6.04 Å². The maximum absolute atomic E-state index is 12.3. The molecule has 0 bridgehead atoms. The van der Waals surface area contributed by atoms with Gasteiger partial charge in [0.25, 0.3) is 0 Å². The zero-order valence-corrected chi connectivity index (χ0v) is 14.0. The molecular weight excluding hydrogens is 354 g/mol. The fourth-order valence-electron chi connectivity index (χ4n) is 2.42. The highest BCUT2D eigenvalue weighted by Gasteiger charge is 2.30. The summed E-state index contributed by atoms with van der Waals surface area (Å²) in [5.74, 6) is -0.693. The van der Waals surface area contributed by atoms with E-state index in [2.05, 4.69) is 15.9 Å². The third-order valence-corrected chi connectivity index (χ3v) is 5.06. The van der Waals surface area contributed by atoms with Gasteiger partial charge in [0.2, 0.25) is 5.91 Å². The number of nitrogens with zero attached hydrogens (tertiary/aromatic N) is 1. The highest BCUT2D eigenvalue weighted by molar-refractivity contribution is 9.10. The van der Waals surface area contributed by atoms with Gasteiger partial charge in [-0.2, -0.15) is 0 Å². The van der Waals surface area contributed by atoms with Crippen LogP contribution in [0.1, 0.15) is 25.7 Å². The van der Waals surface area contributed by atoms with Crippen molar-refractivity contribution in [3.8, 4) is 0 Å². The molecule has 6 heteroatoms. The molecular formula is C15H18BrNO3S. The van der Waals surface area contributed by atoms with Crippen LogP contribution in [0.4, 0.5) is 0 Å². The number of hydrogen-bond donors (Lipinski definition) is 1. The molecule has 114 valence electrons. The van der Waals surface area contributed by atoms with Crippen LogP contribution < -0.4 is 0 Å². The second-order valence-corrected chi connectivity index (χ2v) is 7.00. The van der Waals surface area contributed by atoms with Gasteiger partial charge < -0.3 is 10.0 Å². The first-order valence-electron chi connectivity index (χ1n) is 6.98. The summed E-state index contributed by atoms with van der Waals surface area (Å²) in [5, 5.41) is 9.29. The van der Waals surface area contributed by atoms with Gasteiger partial charge in [0.15, 0.2) is 0 Å². The van der Waals surface area contributed by atoms with Gasteiger partial charge >= 0.3 is 5.97 Å². The third kappa shape index (κ3) is 4.74. The summed E-state index contributed by atoms with van der Waals surface area (Å²) in [6, 6.07) is 7.08. The number of benzene rings is 1. The number of carbonyl (C=O) groups excluding carboxylic acids is 1. The van der Waals surface area contributed by atoms with Gasteiger partial charge in [-0.3, -0.25) is 4.79 Å². The standard InChI is InChI=1S/C15H18BrNO3S/c16-11-5-7-12(8-6-11)21-10-14(18)17-9-3-1-2-4-13(17)15(19)20/h5-8,13H,1-4,9-10H2,(H,19,20). The van der Waals surface area contributed by atoms with E-state index in [9.17, 15) is 14.7 Å². The molecule has 1 aromatic rings. The molecule has 4 nitrogen and oxygen atoms in total. The van der Waals surface area contributed by atoms with Crippen molar-refractivity contribution in [1.29, 1.82) is 0 Å². The van der Waals surface area contributed by atoms with Crippen molar-refractivity contribution in [3.05, 3.63) is 28.7 Å². The minimum atomic E-state index is -0.890. The molecule has 1 amide bonds. The van der Waals surface area contributed by atoms with E-state index in [1.54, 1.807) is 4.90 Å². The van der Waals surface area contributed by atoms with Crippen LogP contribution in [-0.2, 0) is 9.59 Å². The number of carbonyl (C=O) groups is 2. The number of thioether (sulfide) groups is 1. The Kier molecular flexibility index (Phi) is 6.11. The van der Waals surface area contributed by atoms with Crippen LogP contribution in [0, 0.1) is 0 Å². The van der Waals surface area contributed by atoms with E-state index in [4.69, 9.17) is 0 Å². The van der Waals surface area contributed by atoms with Gasteiger partial charge in [0, 0.05) is 15.9 Å². The minimum absolute atomic E-state index is 0.0859. The number of amides is 1.